The molecule has 0 amide bonds. The molecule has 0 saturated heterocycles. The van der Waals surface area contributed by atoms with Crippen molar-refractivity contribution in [1.29, 1.82) is 0 Å². The first kappa shape index (κ1) is 14.0. The molecular weight excluding hydrogens is 286 g/mol. The number of aryl methyl sites for hydroxylation is 1. The average Bonchev–Trinajstić information content (AvgIpc) is 3.07. The number of anilines is 1. The average molecular weight is 305 g/mol. The zero-order chi connectivity index (χ0) is 15.6. The first-order chi connectivity index (χ1) is 11.3. The number of para-hydroxylation sites is 1. The molecule has 1 atom stereocenters. The molecule has 0 fully saturated rings. The Labute approximate surface area is 135 Å². The highest BCUT2D eigenvalue weighted by atomic mass is 16.4. The summed E-state index contributed by atoms with van der Waals surface area (Å²) < 4.78 is 5.87. The molecule has 23 heavy (non-hydrogen) atoms. The summed E-state index contributed by atoms with van der Waals surface area (Å²) in [6.45, 7) is 2.91. The van der Waals surface area contributed by atoms with Crippen LogP contribution in [0.1, 0.15) is 24.8 Å². The van der Waals surface area contributed by atoms with Crippen LogP contribution in [-0.2, 0) is 13.0 Å². The highest BCUT2D eigenvalue weighted by molar-refractivity contribution is 5.56. The molecule has 116 valence electrons. The van der Waals surface area contributed by atoms with Crippen molar-refractivity contribution in [2.45, 2.75) is 32.4 Å². The molecule has 1 aliphatic heterocycles. The maximum Gasteiger partial charge on any atom is 0.247 e. The highest BCUT2D eigenvalue weighted by Crippen LogP contribution is 2.31. The van der Waals surface area contributed by atoms with Crippen LogP contribution in [0.25, 0.3) is 11.5 Å². The second kappa shape index (κ2) is 5.88. The van der Waals surface area contributed by atoms with Gasteiger partial charge in [0.15, 0.2) is 0 Å². The van der Waals surface area contributed by atoms with Gasteiger partial charge >= 0.3 is 0 Å². The molecule has 1 aromatic heterocycles. The van der Waals surface area contributed by atoms with Gasteiger partial charge < -0.3 is 9.32 Å². The number of nitrogens with zero attached hydrogens (tertiary/aromatic N) is 3. The van der Waals surface area contributed by atoms with Crippen LogP contribution in [-0.4, -0.2) is 16.2 Å². The van der Waals surface area contributed by atoms with E-state index in [-0.39, 0.29) is 0 Å². The molecule has 0 N–H and O–H groups in total. The topological polar surface area (TPSA) is 42.2 Å². The number of hydrogen-bond donors (Lipinski definition) is 0. The molecule has 0 saturated carbocycles. The molecule has 0 aliphatic carbocycles. The third-order valence-corrected chi connectivity index (χ3v) is 4.46. The highest BCUT2D eigenvalue weighted by Gasteiger charge is 2.24. The lowest BCUT2D eigenvalue weighted by Gasteiger charge is -2.36. The summed E-state index contributed by atoms with van der Waals surface area (Å²) in [5.74, 6) is 1.24. The predicted octanol–water partition coefficient (Wildman–Crippen LogP) is 4.08. The van der Waals surface area contributed by atoms with Crippen LogP contribution in [0.15, 0.2) is 59.0 Å². The Balaban J connectivity index is 1.60. The minimum absolute atomic E-state index is 0.469. The van der Waals surface area contributed by atoms with Crippen LogP contribution in [0.4, 0.5) is 5.69 Å². The number of benzene rings is 2. The Morgan fingerprint density at radius 2 is 1.83 bits per heavy atom. The Kier molecular flexibility index (Phi) is 3.58. The quantitative estimate of drug-likeness (QED) is 0.731. The third-order valence-electron chi connectivity index (χ3n) is 4.46. The summed E-state index contributed by atoms with van der Waals surface area (Å²) in [5, 5.41) is 8.43. The van der Waals surface area contributed by atoms with Gasteiger partial charge in [0.1, 0.15) is 0 Å². The standard InChI is InChI=1S/C19H19N3O/c1-14-11-12-15-7-5-6-10-17(15)22(14)13-18-20-21-19(23-18)16-8-3-2-4-9-16/h2-10,14H,11-13H2,1H3. The molecule has 0 radical (unpaired) electrons. The molecule has 0 spiro atoms. The molecule has 1 unspecified atom stereocenters. The predicted molar refractivity (Wildman–Crippen MR) is 90.1 cm³/mol. The lowest BCUT2D eigenvalue weighted by atomic mass is 9.97. The Hall–Kier alpha value is -2.62. The van der Waals surface area contributed by atoms with E-state index in [1.165, 1.54) is 11.3 Å². The van der Waals surface area contributed by atoms with E-state index in [1.807, 2.05) is 30.3 Å². The van der Waals surface area contributed by atoms with Gasteiger partial charge in [-0.05, 0) is 43.5 Å². The van der Waals surface area contributed by atoms with Crippen molar-refractivity contribution in [1.82, 2.24) is 10.2 Å². The Morgan fingerprint density at radius 1 is 1.04 bits per heavy atom. The van der Waals surface area contributed by atoms with Gasteiger partial charge in [-0.25, -0.2) is 0 Å². The van der Waals surface area contributed by atoms with Gasteiger partial charge in [0, 0.05) is 17.3 Å². The third kappa shape index (κ3) is 2.72. The SMILES string of the molecule is CC1CCc2ccccc2N1Cc1nnc(-c2ccccc2)o1. The van der Waals surface area contributed by atoms with Crippen LogP contribution >= 0.6 is 0 Å². The van der Waals surface area contributed by atoms with Crippen LogP contribution in [0.3, 0.4) is 0 Å². The molecule has 3 aromatic rings. The molecule has 4 rings (SSSR count). The van der Waals surface area contributed by atoms with Crippen molar-refractivity contribution >= 4 is 5.69 Å². The Morgan fingerprint density at radius 3 is 2.70 bits per heavy atom. The Bertz CT molecular complexity index is 797. The molecular formula is C19H19N3O. The smallest absolute Gasteiger partial charge is 0.247 e. The summed E-state index contributed by atoms with van der Waals surface area (Å²) in [7, 11) is 0. The van der Waals surface area contributed by atoms with Gasteiger partial charge in [0.05, 0.1) is 6.54 Å². The second-order valence-corrected chi connectivity index (χ2v) is 6.01. The molecule has 2 aromatic carbocycles. The van der Waals surface area contributed by atoms with Crippen molar-refractivity contribution in [3.05, 3.63) is 66.1 Å². The van der Waals surface area contributed by atoms with Crippen molar-refractivity contribution < 1.29 is 4.42 Å². The van der Waals surface area contributed by atoms with Crippen molar-refractivity contribution in [2.75, 3.05) is 4.90 Å². The van der Waals surface area contributed by atoms with Crippen molar-refractivity contribution in [2.24, 2.45) is 0 Å². The van der Waals surface area contributed by atoms with Crippen LogP contribution < -0.4 is 4.90 Å². The molecule has 4 heteroatoms. The van der Waals surface area contributed by atoms with E-state index in [2.05, 4.69) is 46.3 Å². The lowest BCUT2D eigenvalue weighted by molar-refractivity contribution is 0.469. The maximum absolute atomic E-state index is 5.87. The van der Waals surface area contributed by atoms with Crippen LogP contribution in [0.5, 0.6) is 0 Å². The van der Waals surface area contributed by atoms with Gasteiger partial charge in [-0.15, -0.1) is 10.2 Å². The van der Waals surface area contributed by atoms with Crippen molar-refractivity contribution in [3.63, 3.8) is 0 Å². The van der Waals surface area contributed by atoms with E-state index in [9.17, 15) is 0 Å². The zero-order valence-electron chi connectivity index (χ0n) is 13.1. The lowest BCUT2D eigenvalue weighted by Crippen LogP contribution is -2.36. The summed E-state index contributed by atoms with van der Waals surface area (Å²) in [4.78, 5) is 2.36. The zero-order valence-corrected chi connectivity index (χ0v) is 13.1. The molecule has 2 heterocycles. The fourth-order valence-electron chi connectivity index (χ4n) is 3.16. The van der Waals surface area contributed by atoms with E-state index in [1.54, 1.807) is 0 Å². The number of rotatable bonds is 3. The van der Waals surface area contributed by atoms with E-state index < -0.39 is 0 Å². The van der Waals surface area contributed by atoms with Gasteiger partial charge in [-0.2, -0.15) is 0 Å². The maximum atomic E-state index is 5.87. The first-order valence-electron chi connectivity index (χ1n) is 8.03. The fourth-order valence-corrected chi connectivity index (χ4v) is 3.16. The van der Waals surface area contributed by atoms with Gasteiger partial charge in [0.25, 0.3) is 0 Å². The van der Waals surface area contributed by atoms with E-state index in [0.717, 1.165) is 18.4 Å². The van der Waals surface area contributed by atoms with Gasteiger partial charge in [-0.1, -0.05) is 36.4 Å². The number of aromatic nitrogens is 2. The van der Waals surface area contributed by atoms with Gasteiger partial charge in [0.2, 0.25) is 11.8 Å². The van der Waals surface area contributed by atoms with Gasteiger partial charge in [-0.3, -0.25) is 0 Å². The van der Waals surface area contributed by atoms with Crippen molar-refractivity contribution in [3.8, 4) is 11.5 Å². The number of fused-ring (bicyclic) bond motifs is 1. The van der Waals surface area contributed by atoms with E-state index in [0.29, 0.717) is 24.4 Å². The summed E-state index contributed by atoms with van der Waals surface area (Å²) in [6, 6.07) is 18.9. The van der Waals surface area contributed by atoms with E-state index >= 15 is 0 Å². The normalized spacial score (nSPS) is 17.1. The second-order valence-electron chi connectivity index (χ2n) is 6.01. The number of hydrogen-bond acceptors (Lipinski definition) is 4. The molecule has 4 nitrogen and oxygen atoms in total. The van der Waals surface area contributed by atoms with Crippen LogP contribution in [0.2, 0.25) is 0 Å². The fraction of sp³-hybridized carbons (Fsp3) is 0.263. The monoisotopic (exact) mass is 305 g/mol. The minimum atomic E-state index is 0.469. The molecule has 1 aliphatic rings. The van der Waals surface area contributed by atoms with Crippen LogP contribution in [0, 0.1) is 0 Å². The largest absolute Gasteiger partial charge is 0.419 e. The summed E-state index contributed by atoms with van der Waals surface area (Å²) in [6.07, 6.45) is 2.28. The summed E-state index contributed by atoms with van der Waals surface area (Å²) in [5.41, 5.74) is 3.64. The molecule has 0 bridgehead atoms. The van der Waals surface area contributed by atoms with E-state index in [4.69, 9.17) is 4.42 Å². The minimum Gasteiger partial charge on any atom is -0.419 e. The first-order valence-corrected chi connectivity index (χ1v) is 8.03. The summed E-state index contributed by atoms with van der Waals surface area (Å²) >= 11 is 0.